The second-order valence-corrected chi connectivity index (χ2v) is 3.38. The van der Waals surface area contributed by atoms with Crippen LogP contribution in [-0.4, -0.2) is 24.8 Å². The highest BCUT2D eigenvalue weighted by molar-refractivity contribution is 5.86. The van der Waals surface area contributed by atoms with Crippen molar-refractivity contribution in [2.45, 2.75) is 32.7 Å². The van der Waals surface area contributed by atoms with E-state index in [-0.39, 0.29) is 17.6 Å². The largest absolute Gasteiger partial charge is 0.359 e. The number of ketones is 1. The van der Waals surface area contributed by atoms with Gasteiger partial charge < -0.3 is 11.1 Å². The molecule has 4 nitrogen and oxygen atoms in total. The third kappa shape index (κ3) is 4.62. The lowest BCUT2D eigenvalue weighted by Crippen LogP contribution is -2.35. The molecule has 1 amide bonds. The van der Waals surface area contributed by atoms with Crippen molar-refractivity contribution >= 4 is 11.7 Å². The fraction of sp³-hybridized carbons (Fsp3) is 0.778. The number of nitrogens with one attached hydrogen (secondary N) is 1. The van der Waals surface area contributed by atoms with Crippen molar-refractivity contribution in [1.29, 1.82) is 0 Å². The summed E-state index contributed by atoms with van der Waals surface area (Å²) in [5.41, 5.74) is 5.59. The van der Waals surface area contributed by atoms with Gasteiger partial charge in [-0.1, -0.05) is 13.8 Å². The molecule has 0 fully saturated rings. The quantitative estimate of drug-likeness (QED) is 0.638. The van der Waals surface area contributed by atoms with Gasteiger partial charge in [-0.3, -0.25) is 9.59 Å². The summed E-state index contributed by atoms with van der Waals surface area (Å²) in [5, 5.41) is 2.48. The van der Waals surface area contributed by atoms with E-state index >= 15 is 0 Å². The predicted molar refractivity (Wildman–Crippen MR) is 51.1 cm³/mol. The fourth-order valence-corrected chi connectivity index (χ4v) is 0.982. The summed E-state index contributed by atoms with van der Waals surface area (Å²) in [6.45, 7) is 3.62. The minimum atomic E-state index is -0.503. The monoisotopic (exact) mass is 186 g/mol. The van der Waals surface area contributed by atoms with Crippen molar-refractivity contribution in [3.05, 3.63) is 0 Å². The number of amides is 1. The lowest BCUT2D eigenvalue weighted by atomic mass is 9.99. The third-order valence-electron chi connectivity index (χ3n) is 1.90. The summed E-state index contributed by atoms with van der Waals surface area (Å²) in [6, 6.07) is -0.503. The van der Waals surface area contributed by atoms with Gasteiger partial charge in [0.2, 0.25) is 5.91 Å². The molecule has 4 heteroatoms. The number of hydrogen-bond acceptors (Lipinski definition) is 3. The van der Waals surface area contributed by atoms with Crippen LogP contribution in [-0.2, 0) is 9.59 Å². The second kappa shape index (κ2) is 5.70. The molecule has 0 rings (SSSR count). The zero-order valence-corrected chi connectivity index (χ0v) is 8.46. The lowest BCUT2D eigenvalue weighted by molar-refractivity contribution is -0.124. The van der Waals surface area contributed by atoms with E-state index < -0.39 is 6.04 Å². The number of rotatable bonds is 5. The molecule has 0 aromatic carbocycles. The van der Waals surface area contributed by atoms with Gasteiger partial charge in [-0.05, 0) is 6.42 Å². The van der Waals surface area contributed by atoms with Crippen molar-refractivity contribution in [3.63, 3.8) is 0 Å². The first kappa shape index (κ1) is 12.1. The van der Waals surface area contributed by atoms with Crippen LogP contribution in [0.4, 0.5) is 0 Å². The Labute approximate surface area is 78.9 Å². The van der Waals surface area contributed by atoms with Crippen molar-refractivity contribution in [3.8, 4) is 0 Å². The van der Waals surface area contributed by atoms with Crippen LogP contribution in [0.2, 0.25) is 0 Å². The Morgan fingerprint density at radius 1 is 1.38 bits per heavy atom. The zero-order valence-electron chi connectivity index (χ0n) is 8.46. The van der Waals surface area contributed by atoms with Gasteiger partial charge >= 0.3 is 0 Å². The van der Waals surface area contributed by atoms with Crippen molar-refractivity contribution in [2.24, 2.45) is 11.7 Å². The average Bonchev–Trinajstić information content (AvgIpc) is 2.11. The molecule has 0 spiro atoms. The topological polar surface area (TPSA) is 72.2 Å². The van der Waals surface area contributed by atoms with Gasteiger partial charge in [0.1, 0.15) is 0 Å². The van der Waals surface area contributed by atoms with Crippen LogP contribution >= 0.6 is 0 Å². The summed E-state index contributed by atoms with van der Waals surface area (Å²) in [4.78, 5) is 22.1. The molecule has 0 saturated heterocycles. The number of hydrogen-bond donors (Lipinski definition) is 2. The van der Waals surface area contributed by atoms with E-state index in [1.54, 1.807) is 7.05 Å². The molecule has 76 valence electrons. The fourth-order valence-electron chi connectivity index (χ4n) is 0.982. The third-order valence-corrected chi connectivity index (χ3v) is 1.90. The molecule has 13 heavy (non-hydrogen) atoms. The summed E-state index contributed by atoms with van der Waals surface area (Å²) < 4.78 is 0. The van der Waals surface area contributed by atoms with Gasteiger partial charge in [0, 0.05) is 19.4 Å². The first-order valence-electron chi connectivity index (χ1n) is 4.49. The Balaban J connectivity index is 3.81. The van der Waals surface area contributed by atoms with E-state index in [0.29, 0.717) is 12.8 Å². The summed E-state index contributed by atoms with van der Waals surface area (Å²) in [5.74, 6) is -0.115. The molecular weight excluding hydrogens is 168 g/mol. The van der Waals surface area contributed by atoms with Crippen molar-refractivity contribution < 1.29 is 9.59 Å². The second-order valence-electron chi connectivity index (χ2n) is 3.38. The number of carbonyl (C=O) groups excluding carboxylic acids is 2. The normalized spacial score (nSPS) is 12.7. The van der Waals surface area contributed by atoms with Gasteiger partial charge in [0.25, 0.3) is 0 Å². The van der Waals surface area contributed by atoms with E-state index in [1.807, 2.05) is 13.8 Å². The highest BCUT2D eigenvalue weighted by Gasteiger charge is 2.17. The zero-order chi connectivity index (χ0) is 10.4. The van der Waals surface area contributed by atoms with Crippen LogP contribution in [0.5, 0.6) is 0 Å². The van der Waals surface area contributed by atoms with E-state index in [2.05, 4.69) is 5.32 Å². The minimum Gasteiger partial charge on any atom is -0.359 e. The maximum absolute atomic E-state index is 11.3. The smallest absolute Gasteiger partial charge is 0.219 e. The maximum Gasteiger partial charge on any atom is 0.219 e. The number of Topliss-reactive ketones (excluding diaryl/α,β-unsaturated/α-hetero) is 1. The molecule has 0 saturated carbocycles. The van der Waals surface area contributed by atoms with E-state index in [4.69, 9.17) is 5.73 Å². The molecule has 0 radical (unpaired) electrons. The van der Waals surface area contributed by atoms with Crippen molar-refractivity contribution in [2.75, 3.05) is 7.05 Å². The molecule has 0 heterocycles. The summed E-state index contributed by atoms with van der Waals surface area (Å²) >= 11 is 0. The number of carbonyl (C=O) groups is 2. The molecule has 1 unspecified atom stereocenters. The minimum absolute atomic E-state index is 0.0175. The summed E-state index contributed by atoms with van der Waals surface area (Å²) in [7, 11) is 1.57. The van der Waals surface area contributed by atoms with Crippen molar-refractivity contribution in [1.82, 2.24) is 5.32 Å². The van der Waals surface area contributed by atoms with E-state index in [9.17, 15) is 9.59 Å². The Morgan fingerprint density at radius 3 is 2.31 bits per heavy atom. The first-order valence-corrected chi connectivity index (χ1v) is 4.49. The van der Waals surface area contributed by atoms with Crippen LogP contribution < -0.4 is 11.1 Å². The molecule has 1 atom stereocenters. The average molecular weight is 186 g/mol. The van der Waals surface area contributed by atoms with E-state index in [0.717, 1.165) is 0 Å². The predicted octanol–water partition coefficient (Wildman–Crippen LogP) is 0.0650. The van der Waals surface area contributed by atoms with Crippen LogP contribution in [0.25, 0.3) is 0 Å². The molecule has 0 bridgehead atoms. The Morgan fingerprint density at radius 2 is 1.92 bits per heavy atom. The number of nitrogens with two attached hydrogens (primary N) is 1. The van der Waals surface area contributed by atoms with E-state index in [1.165, 1.54) is 0 Å². The Kier molecular flexibility index (Phi) is 5.30. The molecule has 3 N–H and O–H groups in total. The van der Waals surface area contributed by atoms with Crippen LogP contribution in [0.1, 0.15) is 26.7 Å². The molecule has 0 aromatic rings. The highest BCUT2D eigenvalue weighted by Crippen LogP contribution is 2.03. The SMILES string of the molecule is CNC(=O)CCC(N)C(=O)C(C)C. The molecule has 0 aliphatic carbocycles. The molecular formula is C9H18N2O2. The first-order chi connectivity index (χ1) is 5.99. The Hall–Kier alpha value is -0.900. The Bertz CT molecular complexity index is 190. The molecule has 0 aliphatic rings. The van der Waals surface area contributed by atoms with Crippen LogP contribution in [0, 0.1) is 5.92 Å². The maximum atomic E-state index is 11.3. The molecule has 0 aromatic heterocycles. The van der Waals surface area contributed by atoms with Crippen LogP contribution in [0.15, 0.2) is 0 Å². The highest BCUT2D eigenvalue weighted by atomic mass is 16.1. The van der Waals surface area contributed by atoms with Gasteiger partial charge in [-0.25, -0.2) is 0 Å². The molecule has 0 aliphatic heterocycles. The summed E-state index contributed by atoms with van der Waals surface area (Å²) in [6.07, 6.45) is 0.743. The lowest BCUT2D eigenvalue weighted by Gasteiger charge is -2.11. The van der Waals surface area contributed by atoms with Gasteiger partial charge in [0.15, 0.2) is 5.78 Å². The van der Waals surface area contributed by atoms with Gasteiger partial charge in [0.05, 0.1) is 6.04 Å². The van der Waals surface area contributed by atoms with Crippen LogP contribution in [0.3, 0.4) is 0 Å². The standard InChI is InChI=1S/C9H18N2O2/c1-6(2)9(13)7(10)4-5-8(12)11-3/h6-7H,4-5,10H2,1-3H3,(H,11,12). The van der Waals surface area contributed by atoms with Gasteiger partial charge in [-0.2, -0.15) is 0 Å². The van der Waals surface area contributed by atoms with Gasteiger partial charge in [-0.15, -0.1) is 0 Å².